The Bertz CT molecular complexity index is 468. The van der Waals surface area contributed by atoms with E-state index in [1.165, 1.54) is 0 Å². The third-order valence-corrected chi connectivity index (χ3v) is 4.26. The Morgan fingerprint density at radius 1 is 1.26 bits per heavy atom. The fourth-order valence-electron chi connectivity index (χ4n) is 3.08. The fraction of sp³-hybridized carbons (Fsp3) is 0.625. The van der Waals surface area contributed by atoms with Gasteiger partial charge < -0.3 is 10.0 Å². The lowest BCUT2D eigenvalue weighted by Crippen LogP contribution is -2.27. The van der Waals surface area contributed by atoms with Gasteiger partial charge >= 0.3 is 0 Å². The third-order valence-electron chi connectivity index (χ3n) is 4.26. The van der Waals surface area contributed by atoms with Crippen molar-refractivity contribution in [2.75, 3.05) is 14.1 Å². The molecule has 1 atom stereocenters. The SMILES string of the molecule is CC(C)c1c(O)cc2c(c1F)CCC(N(C)C)CC2. The van der Waals surface area contributed by atoms with E-state index in [2.05, 4.69) is 19.0 Å². The number of aromatic hydroxyl groups is 1. The summed E-state index contributed by atoms with van der Waals surface area (Å²) in [5.41, 5.74) is 2.29. The molecule has 0 amide bonds. The predicted octanol–water partition coefficient (Wildman–Crippen LogP) is 3.46. The summed E-state index contributed by atoms with van der Waals surface area (Å²) in [7, 11) is 4.15. The molecule has 0 aromatic heterocycles. The molecule has 0 aliphatic heterocycles. The summed E-state index contributed by atoms with van der Waals surface area (Å²) in [6.45, 7) is 3.84. The molecule has 1 aliphatic rings. The van der Waals surface area contributed by atoms with Gasteiger partial charge in [-0.2, -0.15) is 0 Å². The number of benzene rings is 1. The molecule has 0 bridgehead atoms. The minimum absolute atomic E-state index is 0.0122. The zero-order valence-electron chi connectivity index (χ0n) is 12.3. The van der Waals surface area contributed by atoms with E-state index in [4.69, 9.17) is 0 Å². The lowest BCUT2D eigenvalue weighted by atomic mass is 9.93. The largest absolute Gasteiger partial charge is 0.508 e. The number of halogens is 1. The molecule has 0 saturated heterocycles. The van der Waals surface area contributed by atoms with E-state index < -0.39 is 0 Å². The Labute approximate surface area is 115 Å². The Hall–Kier alpha value is -1.09. The third kappa shape index (κ3) is 2.76. The number of nitrogens with zero attached hydrogens (tertiary/aromatic N) is 1. The van der Waals surface area contributed by atoms with Gasteiger partial charge in [0.25, 0.3) is 0 Å². The number of hydrogen-bond donors (Lipinski definition) is 1. The average Bonchev–Trinajstić information content (AvgIpc) is 2.50. The lowest BCUT2D eigenvalue weighted by Gasteiger charge is -2.22. The highest BCUT2D eigenvalue weighted by Crippen LogP contribution is 2.35. The maximum atomic E-state index is 14.6. The van der Waals surface area contributed by atoms with Crippen LogP contribution >= 0.6 is 0 Å². The Balaban J connectivity index is 2.40. The van der Waals surface area contributed by atoms with Crippen LogP contribution in [0, 0.1) is 5.82 Å². The number of fused-ring (bicyclic) bond motifs is 1. The summed E-state index contributed by atoms with van der Waals surface area (Å²) in [6, 6.07) is 2.28. The molecular weight excluding hydrogens is 241 g/mol. The lowest BCUT2D eigenvalue weighted by molar-refractivity contribution is 0.268. The van der Waals surface area contributed by atoms with Gasteiger partial charge in [-0.1, -0.05) is 13.8 Å². The molecule has 1 N–H and O–H groups in total. The highest BCUT2D eigenvalue weighted by molar-refractivity contribution is 5.45. The second-order valence-electron chi connectivity index (χ2n) is 6.11. The van der Waals surface area contributed by atoms with Crippen molar-refractivity contribution in [3.8, 4) is 5.75 Å². The van der Waals surface area contributed by atoms with Gasteiger partial charge in [-0.15, -0.1) is 0 Å². The van der Waals surface area contributed by atoms with Gasteiger partial charge in [-0.3, -0.25) is 0 Å². The van der Waals surface area contributed by atoms with Crippen LogP contribution in [0.1, 0.15) is 49.3 Å². The molecule has 0 spiro atoms. The Morgan fingerprint density at radius 3 is 2.47 bits per heavy atom. The molecule has 1 aromatic carbocycles. The van der Waals surface area contributed by atoms with Crippen molar-refractivity contribution in [2.45, 2.75) is 51.5 Å². The van der Waals surface area contributed by atoms with Gasteiger partial charge in [-0.25, -0.2) is 4.39 Å². The van der Waals surface area contributed by atoms with Gasteiger partial charge in [-0.05, 0) is 62.9 Å². The first-order valence-electron chi connectivity index (χ1n) is 7.11. The van der Waals surface area contributed by atoms with E-state index in [-0.39, 0.29) is 17.5 Å². The summed E-state index contributed by atoms with van der Waals surface area (Å²) < 4.78 is 14.6. The topological polar surface area (TPSA) is 23.5 Å². The first kappa shape index (κ1) is 14.3. The van der Waals surface area contributed by atoms with E-state index in [1.807, 2.05) is 13.8 Å². The van der Waals surface area contributed by atoms with E-state index in [0.29, 0.717) is 11.6 Å². The first-order chi connectivity index (χ1) is 8.91. The quantitative estimate of drug-likeness (QED) is 0.828. The van der Waals surface area contributed by atoms with Gasteiger partial charge in [0.2, 0.25) is 0 Å². The van der Waals surface area contributed by atoms with Crippen LogP contribution in [0.4, 0.5) is 4.39 Å². The minimum atomic E-state index is -0.176. The van der Waals surface area contributed by atoms with Crippen molar-refractivity contribution < 1.29 is 9.50 Å². The number of phenolic OH excluding ortho intramolecular Hbond substituents is 1. The molecule has 106 valence electrons. The molecule has 2 rings (SSSR count). The smallest absolute Gasteiger partial charge is 0.133 e. The second kappa shape index (κ2) is 5.49. The van der Waals surface area contributed by atoms with Gasteiger partial charge in [0.15, 0.2) is 0 Å². The van der Waals surface area contributed by atoms with Crippen molar-refractivity contribution in [2.24, 2.45) is 0 Å². The molecule has 3 heteroatoms. The summed E-state index contributed by atoms with van der Waals surface area (Å²) in [6.07, 6.45) is 3.63. The van der Waals surface area contributed by atoms with Crippen molar-refractivity contribution in [3.05, 3.63) is 28.6 Å². The maximum absolute atomic E-state index is 14.6. The molecule has 0 radical (unpaired) electrons. The van der Waals surface area contributed by atoms with Gasteiger partial charge in [0.1, 0.15) is 11.6 Å². The maximum Gasteiger partial charge on any atom is 0.133 e. The van der Waals surface area contributed by atoms with Gasteiger partial charge in [0, 0.05) is 11.6 Å². The monoisotopic (exact) mass is 265 g/mol. The van der Waals surface area contributed by atoms with Crippen LogP contribution in [-0.4, -0.2) is 30.1 Å². The normalized spacial score (nSPS) is 19.6. The highest BCUT2D eigenvalue weighted by atomic mass is 19.1. The number of aryl methyl sites for hydroxylation is 1. The zero-order valence-corrected chi connectivity index (χ0v) is 12.3. The molecule has 0 fully saturated rings. The predicted molar refractivity (Wildman–Crippen MR) is 76.3 cm³/mol. The molecular formula is C16H24FNO. The summed E-state index contributed by atoms with van der Waals surface area (Å²) in [5, 5.41) is 10.0. The van der Waals surface area contributed by atoms with Crippen LogP contribution in [0.5, 0.6) is 5.75 Å². The zero-order chi connectivity index (χ0) is 14.2. The van der Waals surface area contributed by atoms with Gasteiger partial charge in [0.05, 0.1) is 0 Å². The molecule has 19 heavy (non-hydrogen) atoms. The molecule has 1 aromatic rings. The first-order valence-corrected chi connectivity index (χ1v) is 7.11. The Kier molecular flexibility index (Phi) is 4.14. The fourth-order valence-corrected chi connectivity index (χ4v) is 3.08. The van der Waals surface area contributed by atoms with Crippen LogP contribution in [-0.2, 0) is 12.8 Å². The number of rotatable bonds is 2. The summed E-state index contributed by atoms with van der Waals surface area (Å²) in [4.78, 5) is 2.22. The van der Waals surface area contributed by atoms with E-state index in [1.54, 1.807) is 6.07 Å². The standard InChI is InChI=1S/C16H24FNO/c1-10(2)15-14(19)9-11-5-6-12(18(3)4)7-8-13(11)16(15)17/h9-10,12,19H,5-8H2,1-4H3. The average molecular weight is 265 g/mol. The molecule has 2 nitrogen and oxygen atoms in total. The van der Waals surface area contributed by atoms with Crippen LogP contribution in [0.25, 0.3) is 0 Å². The van der Waals surface area contributed by atoms with E-state index in [0.717, 1.165) is 36.8 Å². The summed E-state index contributed by atoms with van der Waals surface area (Å²) in [5.74, 6) is -0.0443. The number of phenols is 1. The van der Waals surface area contributed by atoms with Crippen LogP contribution in [0.3, 0.4) is 0 Å². The molecule has 1 unspecified atom stereocenters. The van der Waals surface area contributed by atoms with E-state index >= 15 is 0 Å². The summed E-state index contributed by atoms with van der Waals surface area (Å²) >= 11 is 0. The van der Waals surface area contributed by atoms with Crippen LogP contribution in [0.2, 0.25) is 0 Å². The van der Waals surface area contributed by atoms with Crippen molar-refractivity contribution in [1.29, 1.82) is 0 Å². The number of hydrogen-bond acceptors (Lipinski definition) is 2. The Morgan fingerprint density at radius 2 is 1.89 bits per heavy atom. The van der Waals surface area contributed by atoms with Crippen molar-refractivity contribution in [3.63, 3.8) is 0 Å². The molecule has 0 heterocycles. The molecule has 0 saturated carbocycles. The van der Waals surface area contributed by atoms with E-state index in [9.17, 15) is 9.50 Å². The van der Waals surface area contributed by atoms with Crippen LogP contribution in [0.15, 0.2) is 6.07 Å². The second-order valence-corrected chi connectivity index (χ2v) is 6.11. The van der Waals surface area contributed by atoms with Crippen LogP contribution < -0.4 is 0 Å². The minimum Gasteiger partial charge on any atom is -0.508 e. The molecule has 1 aliphatic carbocycles. The highest BCUT2D eigenvalue weighted by Gasteiger charge is 2.24. The van der Waals surface area contributed by atoms with Crippen molar-refractivity contribution >= 4 is 0 Å². The van der Waals surface area contributed by atoms with Crippen molar-refractivity contribution in [1.82, 2.24) is 4.90 Å².